The van der Waals surface area contributed by atoms with Crippen LogP contribution < -0.4 is 5.32 Å². The molecule has 2 N–H and O–H groups in total. The average molecular weight is 271 g/mol. The van der Waals surface area contributed by atoms with E-state index in [1.807, 2.05) is 13.2 Å². The lowest BCUT2D eigenvalue weighted by Gasteiger charge is -2.15. The van der Waals surface area contributed by atoms with E-state index in [4.69, 9.17) is 0 Å². The van der Waals surface area contributed by atoms with Crippen molar-refractivity contribution in [3.8, 4) is 0 Å². The van der Waals surface area contributed by atoms with Crippen molar-refractivity contribution in [2.75, 3.05) is 18.6 Å². The lowest BCUT2D eigenvalue weighted by molar-refractivity contribution is -0.124. The second-order valence-corrected chi connectivity index (χ2v) is 5.05. The van der Waals surface area contributed by atoms with E-state index in [2.05, 4.69) is 5.32 Å². The zero-order valence-electron chi connectivity index (χ0n) is 10.5. The standard InChI is InChI=1S/C13H18FNO2S/c1-9(8-18-2)13(17)15-7-12(16)10-5-3-4-6-11(10)14/h3-6,9,12,16H,7-8H2,1-2H3,(H,15,17). The zero-order valence-corrected chi connectivity index (χ0v) is 11.3. The summed E-state index contributed by atoms with van der Waals surface area (Å²) in [6.45, 7) is 1.85. The van der Waals surface area contributed by atoms with Gasteiger partial charge < -0.3 is 10.4 Å². The molecule has 1 aromatic carbocycles. The van der Waals surface area contributed by atoms with Gasteiger partial charge in [-0.25, -0.2) is 4.39 Å². The number of amides is 1. The number of aliphatic hydroxyl groups is 1. The van der Waals surface area contributed by atoms with E-state index in [-0.39, 0.29) is 23.9 Å². The van der Waals surface area contributed by atoms with Gasteiger partial charge in [-0.3, -0.25) is 4.79 Å². The van der Waals surface area contributed by atoms with Crippen molar-refractivity contribution < 1.29 is 14.3 Å². The number of rotatable bonds is 6. The first-order chi connectivity index (χ1) is 8.56. The van der Waals surface area contributed by atoms with Gasteiger partial charge >= 0.3 is 0 Å². The lowest BCUT2D eigenvalue weighted by Crippen LogP contribution is -2.33. The second kappa shape index (κ2) is 7.38. The summed E-state index contributed by atoms with van der Waals surface area (Å²) >= 11 is 1.59. The van der Waals surface area contributed by atoms with Crippen LogP contribution in [0.4, 0.5) is 4.39 Å². The molecule has 0 heterocycles. The van der Waals surface area contributed by atoms with Crippen LogP contribution in [0.5, 0.6) is 0 Å². The lowest BCUT2D eigenvalue weighted by atomic mass is 10.1. The smallest absolute Gasteiger partial charge is 0.223 e. The van der Waals surface area contributed by atoms with Gasteiger partial charge in [0.15, 0.2) is 0 Å². The second-order valence-electron chi connectivity index (χ2n) is 4.14. The molecule has 1 aromatic rings. The molecule has 5 heteroatoms. The molecule has 3 nitrogen and oxygen atoms in total. The number of halogens is 1. The summed E-state index contributed by atoms with van der Waals surface area (Å²) in [6, 6.07) is 6.01. The predicted molar refractivity (Wildman–Crippen MR) is 71.9 cm³/mol. The number of carbonyl (C=O) groups is 1. The van der Waals surface area contributed by atoms with Crippen LogP contribution in [0.3, 0.4) is 0 Å². The highest BCUT2D eigenvalue weighted by Gasteiger charge is 2.16. The van der Waals surface area contributed by atoms with Crippen molar-refractivity contribution in [2.45, 2.75) is 13.0 Å². The predicted octanol–water partition coefficient (Wildman–Crippen LogP) is 1.97. The maximum absolute atomic E-state index is 13.4. The van der Waals surface area contributed by atoms with Crippen LogP contribution in [0.2, 0.25) is 0 Å². The van der Waals surface area contributed by atoms with Crippen LogP contribution in [-0.4, -0.2) is 29.6 Å². The number of thioether (sulfide) groups is 1. The Bertz CT molecular complexity index is 400. The molecule has 1 rings (SSSR count). The molecule has 100 valence electrons. The monoisotopic (exact) mass is 271 g/mol. The Kier molecular flexibility index (Phi) is 6.15. The molecule has 0 aromatic heterocycles. The van der Waals surface area contributed by atoms with Crippen molar-refractivity contribution in [3.05, 3.63) is 35.6 Å². The van der Waals surface area contributed by atoms with Crippen molar-refractivity contribution in [1.82, 2.24) is 5.32 Å². The first-order valence-electron chi connectivity index (χ1n) is 5.75. The Morgan fingerprint density at radius 2 is 2.17 bits per heavy atom. The highest BCUT2D eigenvalue weighted by atomic mass is 32.2. The van der Waals surface area contributed by atoms with Gasteiger partial charge in [-0.2, -0.15) is 11.8 Å². The van der Waals surface area contributed by atoms with Crippen molar-refractivity contribution in [1.29, 1.82) is 0 Å². The quantitative estimate of drug-likeness (QED) is 0.831. The third-order valence-corrected chi connectivity index (χ3v) is 3.43. The van der Waals surface area contributed by atoms with Crippen LogP contribution in [-0.2, 0) is 4.79 Å². The summed E-state index contributed by atoms with van der Waals surface area (Å²) in [5, 5.41) is 12.4. The Labute approximate surface area is 111 Å². The summed E-state index contributed by atoms with van der Waals surface area (Å²) in [4.78, 5) is 11.6. The van der Waals surface area contributed by atoms with E-state index in [9.17, 15) is 14.3 Å². The summed E-state index contributed by atoms with van der Waals surface area (Å²) in [7, 11) is 0. The van der Waals surface area contributed by atoms with Gasteiger partial charge in [0.25, 0.3) is 0 Å². The van der Waals surface area contributed by atoms with E-state index >= 15 is 0 Å². The molecule has 18 heavy (non-hydrogen) atoms. The molecule has 1 amide bonds. The van der Waals surface area contributed by atoms with Gasteiger partial charge in [-0.15, -0.1) is 0 Å². The number of aliphatic hydroxyl groups excluding tert-OH is 1. The first-order valence-corrected chi connectivity index (χ1v) is 7.14. The van der Waals surface area contributed by atoms with Gasteiger partial charge in [0.1, 0.15) is 5.82 Å². The van der Waals surface area contributed by atoms with E-state index in [0.717, 1.165) is 5.75 Å². The molecule has 0 fully saturated rings. The zero-order chi connectivity index (χ0) is 13.5. The molecule has 0 aliphatic carbocycles. The fourth-order valence-corrected chi connectivity index (χ4v) is 2.20. The molecular weight excluding hydrogens is 253 g/mol. The topological polar surface area (TPSA) is 49.3 Å². The average Bonchev–Trinajstić information content (AvgIpc) is 2.36. The first kappa shape index (κ1) is 15.0. The molecule has 0 saturated heterocycles. The molecule has 2 atom stereocenters. The fraction of sp³-hybridized carbons (Fsp3) is 0.462. The van der Waals surface area contributed by atoms with Crippen molar-refractivity contribution >= 4 is 17.7 Å². The van der Waals surface area contributed by atoms with E-state index < -0.39 is 11.9 Å². The highest BCUT2D eigenvalue weighted by molar-refractivity contribution is 7.98. The third-order valence-electron chi connectivity index (χ3n) is 2.60. The third kappa shape index (κ3) is 4.31. The number of benzene rings is 1. The van der Waals surface area contributed by atoms with E-state index in [0.29, 0.717) is 0 Å². The Balaban J connectivity index is 2.49. The van der Waals surface area contributed by atoms with Gasteiger partial charge in [-0.05, 0) is 12.3 Å². The van der Waals surface area contributed by atoms with Gasteiger partial charge in [0, 0.05) is 23.8 Å². The maximum atomic E-state index is 13.4. The molecular formula is C13H18FNO2S. The van der Waals surface area contributed by atoms with Gasteiger partial charge in [-0.1, -0.05) is 25.1 Å². The van der Waals surface area contributed by atoms with E-state index in [1.165, 1.54) is 12.1 Å². The number of nitrogens with one attached hydrogen (secondary N) is 1. The summed E-state index contributed by atoms with van der Waals surface area (Å²) in [6.07, 6.45) is 0.912. The van der Waals surface area contributed by atoms with Gasteiger partial charge in [0.05, 0.1) is 6.10 Å². The van der Waals surface area contributed by atoms with Crippen molar-refractivity contribution in [2.24, 2.45) is 5.92 Å². The molecule has 0 saturated carbocycles. The fourth-order valence-electron chi connectivity index (χ4n) is 1.55. The SMILES string of the molecule is CSCC(C)C(=O)NCC(O)c1ccccc1F. The summed E-state index contributed by atoms with van der Waals surface area (Å²) in [5.74, 6) is 0.0192. The molecule has 0 radical (unpaired) electrons. The highest BCUT2D eigenvalue weighted by Crippen LogP contribution is 2.15. The summed E-state index contributed by atoms with van der Waals surface area (Å²) in [5.41, 5.74) is 0.204. The largest absolute Gasteiger partial charge is 0.386 e. The summed E-state index contributed by atoms with van der Waals surface area (Å²) < 4.78 is 13.4. The minimum atomic E-state index is -1.02. The maximum Gasteiger partial charge on any atom is 0.223 e. The molecule has 0 aliphatic heterocycles. The number of hydrogen-bond donors (Lipinski definition) is 2. The van der Waals surface area contributed by atoms with Crippen molar-refractivity contribution in [3.63, 3.8) is 0 Å². The minimum Gasteiger partial charge on any atom is -0.386 e. The van der Waals surface area contributed by atoms with Gasteiger partial charge in [0.2, 0.25) is 5.91 Å². The molecule has 0 bridgehead atoms. The number of carbonyl (C=O) groups excluding carboxylic acids is 1. The normalized spacial score (nSPS) is 14.0. The van der Waals surface area contributed by atoms with Crippen LogP contribution in [0.15, 0.2) is 24.3 Å². The Morgan fingerprint density at radius 3 is 2.78 bits per heavy atom. The Morgan fingerprint density at radius 1 is 1.50 bits per heavy atom. The van der Waals surface area contributed by atoms with Crippen LogP contribution in [0.25, 0.3) is 0 Å². The van der Waals surface area contributed by atoms with Crippen LogP contribution >= 0.6 is 11.8 Å². The van der Waals surface area contributed by atoms with E-state index in [1.54, 1.807) is 23.9 Å². The minimum absolute atomic E-state index is 0.0263. The molecule has 2 unspecified atom stereocenters. The van der Waals surface area contributed by atoms with Crippen LogP contribution in [0, 0.1) is 11.7 Å². The number of hydrogen-bond acceptors (Lipinski definition) is 3. The van der Waals surface area contributed by atoms with Crippen LogP contribution in [0.1, 0.15) is 18.6 Å². The Hall–Kier alpha value is -1.07. The molecule has 0 spiro atoms. The molecule has 0 aliphatic rings.